The fourth-order valence-electron chi connectivity index (χ4n) is 5.12. The number of sulfonamides is 1. The van der Waals surface area contributed by atoms with Crippen LogP contribution in [-0.2, 0) is 19.6 Å². The molecular formula is C24H28FN4O4S+. The van der Waals surface area contributed by atoms with Gasteiger partial charge in [-0.2, -0.15) is 4.31 Å². The number of carbonyl (C=O) groups excluding carboxylic acids is 2. The minimum absolute atomic E-state index is 0.147. The second-order valence-corrected chi connectivity index (χ2v) is 11.0. The Morgan fingerprint density at radius 2 is 1.41 bits per heavy atom. The highest BCUT2D eigenvalue weighted by Gasteiger charge is 2.46. The molecule has 0 unspecified atom stereocenters. The average Bonchev–Trinajstić information content (AvgIpc) is 3.49. The third-order valence-corrected chi connectivity index (χ3v) is 8.95. The van der Waals surface area contributed by atoms with Gasteiger partial charge < -0.3 is 9.80 Å². The third-order valence-electron chi connectivity index (χ3n) is 7.03. The number of hydrogen-bond donors (Lipinski definition) is 1. The van der Waals surface area contributed by atoms with Gasteiger partial charge in [-0.1, -0.05) is 0 Å². The van der Waals surface area contributed by atoms with E-state index in [4.69, 9.17) is 0 Å². The molecule has 0 aromatic heterocycles. The van der Waals surface area contributed by atoms with Gasteiger partial charge in [-0.3, -0.25) is 9.59 Å². The summed E-state index contributed by atoms with van der Waals surface area (Å²) in [7, 11) is -3.43. The van der Waals surface area contributed by atoms with Crippen LogP contribution in [0.2, 0.25) is 0 Å². The molecule has 8 nitrogen and oxygen atoms in total. The van der Waals surface area contributed by atoms with E-state index in [-0.39, 0.29) is 18.2 Å². The van der Waals surface area contributed by atoms with Gasteiger partial charge in [0.15, 0.2) is 6.04 Å². The lowest BCUT2D eigenvalue weighted by Gasteiger charge is -2.35. The molecule has 1 atom stereocenters. The SMILES string of the molecule is O=C1C[C@H]([NH+]2CCN(c3ccc(S(=O)(=O)N4CCCC4)cc3)CC2)C(=O)N1c1ccc(F)cc1. The third kappa shape index (κ3) is 4.21. The summed E-state index contributed by atoms with van der Waals surface area (Å²) < 4.78 is 40.3. The Morgan fingerprint density at radius 1 is 0.824 bits per heavy atom. The molecule has 0 spiro atoms. The molecule has 180 valence electrons. The highest BCUT2D eigenvalue weighted by Crippen LogP contribution is 2.25. The van der Waals surface area contributed by atoms with Crippen molar-refractivity contribution in [3.63, 3.8) is 0 Å². The van der Waals surface area contributed by atoms with Crippen molar-refractivity contribution in [3.05, 3.63) is 54.3 Å². The molecule has 3 aliphatic heterocycles. The average molecular weight is 488 g/mol. The quantitative estimate of drug-likeness (QED) is 0.627. The molecule has 0 bridgehead atoms. The topological polar surface area (TPSA) is 82.4 Å². The van der Waals surface area contributed by atoms with Crippen LogP contribution in [0.1, 0.15) is 19.3 Å². The molecule has 0 radical (unpaired) electrons. The summed E-state index contributed by atoms with van der Waals surface area (Å²) >= 11 is 0. The van der Waals surface area contributed by atoms with Crippen LogP contribution in [0.25, 0.3) is 0 Å². The van der Waals surface area contributed by atoms with Gasteiger partial charge in [-0.25, -0.2) is 17.7 Å². The van der Waals surface area contributed by atoms with Gasteiger partial charge in [-0.15, -0.1) is 0 Å². The molecule has 2 amide bonds. The van der Waals surface area contributed by atoms with Crippen LogP contribution in [-0.4, -0.2) is 69.8 Å². The van der Waals surface area contributed by atoms with E-state index in [1.807, 2.05) is 12.1 Å². The molecule has 3 aliphatic rings. The molecule has 2 aromatic rings. The van der Waals surface area contributed by atoms with Crippen molar-refractivity contribution in [3.8, 4) is 0 Å². The monoisotopic (exact) mass is 487 g/mol. The van der Waals surface area contributed by atoms with E-state index in [0.717, 1.165) is 23.4 Å². The highest BCUT2D eigenvalue weighted by atomic mass is 32.2. The van der Waals surface area contributed by atoms with Crippen molar-refractivity contribution in [1.29, 1.82) is 0 Å². The number of amides is 2. The molecular weight excluding hydrogens is 459 g/mol. The van der Waals surface area contributed by atoms with Gasteiger partial charge in [0.25, 0.3) is 5.91 Å². The van der Waals surface area contributed by atoms with Gasteiger partial charge >= 0.3 is 0 Å². The number of hydrogen-bond acceptors (Lipinski definition) is 5. The number of quaternary nitrogens is 1. The Hall–Kier alpha value is -2.82. The molecule has 2 aromatic carbocycles. The van der Waals surface area contributed by atoms with Crippen LogP contribution in [0.5, 0.6) is 0 Å². The number of halogens is 1. The fourth-order valence-corrected chi connectivity index (χ4v) is 6.64. The summed E-state index contributed by atoms with van der Waals surface area (Å²) in [6.45, 7) is 3.93. The summed E-state index contributed by atoms with van der Waals surface area (Å²) in [4.78, 5) is 30.3. The zero-order valence-electron chi connectivity index (χ0n) is 18.8. The zero-order valence-corrected chi connectivity index (χ0v) is 19.6. The minimum Gasteiger partial charge on any atom is -0.360 e. The zero-order chi connectivity index (χ0) is 23.9. The standard InChI is InChI=1S/C24H27FN4O4S/c25-18-3-5-20(6-4-18)29-23(30)17-22(24(29)31)27-15-13-26(14-16-27)19-7-9-21(10-8-19)34(32,33)28-11-1-2-12-28/h3-10,22H,1-2,11-17H2/p+1/t22-/m0/s1. The van der Waals surface area contributed by atoms with Gasteiger partial charge in [0.05, 0.1) is 43.2 Å². The lowest BCUT2D eigenvalue weighted by molar-refractivity contribution is -0.915. The number of benzene rings is 2. The molecule has 5 rings (SSSR count). The molecule has 3 fully saturated rings. The van der Waals surface area contributed by atoms with E-state index >= 15 is 0 Å². The fraction of sp³-hybridized carbons (Fsp3) is 0.417. The first-order chi connectivity index (χ1) is 16.3. The van der Waals surface area contributed by atoms with Crippen LogP contribution < -0.4 is 14.7 Å². The molecule has 3 heterocycles. The van der Waals surface area contributed by atoms with Gasteiger partial charge in [0.2, 0.25) is 15.9 Å². The molecule has 34 heavy (non-hydrogen) atoms. The lowest BCUT2D eigenvalue weighted by Crippen LogP contribution is -3.19. The van der Waals surface area contributed by atoms with Crippen molar-refractivity contribution < 1.29 is 27.3 Å². The predicted molar refractivity (Wildman–Crippen MR) is 125 cm³/mol. The predicted octanol–water partition coefficient (Wildman–Crippen LogP) is 0.647. The summed E-state index contributed by atoms with van der Waals surface area (Å²) in [6, 6.07) is 12.0. The molecule has 0 aliphatic carbocycles. The Balaban J connectivity index is 1.21. The van der Waals surface area contributed by atoms with Crippen LogP contribution in [0.4, 0.5) is 15.8 Å². The Morgan fingerprint density at radius 3 is 2.03 bits per heavy atom. The van der Waals surface area contributed by atoms with Gasteiger partial charge in [-0.05, 0) is 61.4 Å². The number of carbonyl (C=O) groups is 2. The first kappa shape index (κ1) is 22.9. The number of nitrogens with zero attached hydrogens (tertiary/aromatic N) is 3. The van der Waals surface area contributed by atoms with E-state index in [9.17, 15) is 22.4 Å². The van der Waals surface area contributed by atoms with Crippen molar-refractivity contribution in [2.24, 2.45) is 0 Å². The summed E-state index contributed by atoms with van der Waals surface area (Å²) in [5.41, 5.74) is 1.35. The molecule has 3 saturated heterocycles. The summed E-state index contributed by atoms with van der Waals surface area (Å²) in [6.07, 6.45) is 1.95. The molecule has 0 saturated carbocycles. The van der Waals surface area contributed by atoms with Crippen molar-refractivity contribution in [2.45, 2.75) is 30.2 Å². The van der Waals surface area contributed by atoms with E-state index in [1.54, 1.807) is 16.4 Å². The van der Waals surface area contributed by atoms with E-state index in [0.29, 0.717) is 49.9 Å². The van der Waals surface area contributed by atoms with Crippen molar-refractivity contribution >= 4 is 33.2 Å². The first-order valence-corrected chi connectivity index (χ1v) is 13.1. The Labute approximate surface area is 198 Å². The van der Waals surface area contributed by atoms with Crippen LogP contribution >= 0.6 is 0 Å². The number of imide groups is 1. The smallest absolute Gasteiger partial charge is 0.292 e. The number of rotatable bonds is 5. The maximum absolute atomic E-state index is 13.2. The van der Waals surface area contributed by atoms with Crippen LogP contribution in [0.3, 0.4) is 0 Å². The second kappa shape index (κ2) is 9.09. The van der Waals surface area contributed by atoms with Gasteiger partial charge in [0.1, 0.15) is 5.82 Å². The summed E-state index contributed by atoms with van der Waals surface area (Å²) in [5.74, 6) is -0.911. The van der Waals surface area contributed by atoms with Crippen LogP contribution in [0.15, 0.2) is 53.4 Å². The van der Waals surface area contributed by atoms with E-state index in [2.05, 4.69) is 4.90 Å². The lowest BCUT2D eigenvalue weighted by atomic mass is 10.1. The largest absolute Gasteiger partial charge is 0.360 e. The molecule has 10 heteroatoms. The number of nitrogens with one attached hydrogen (secondary N) is 1. The highest BCUT2D eigenvalue weighted by molar-refractivity contribution is 7.89. The maximum atomic E-state index is 13.2. The minimum atomic E-state index is -3.43. The first-order valence-electron chi connectivity index (χ1n) is 11.7. The van der Waals surface area contributed by atoms with E-state index < -0.39 is 21.9 Å². The Kier molecular flexibility index (Phi) is 6.13. The van der Waals surface area contributed by atoms with Crippen LogP contribution in [0, 0.1) is 5.82 Å². The second-order valence-electron chi connectivity index (χ2n) is 9.05. The number of piperazine rings is 1. The molecule has 1 N–H and O–H groups in total. The van der Waals surface area contributed by atoms with Gasteiger partial charge in [0, 0.05) is 18.8 Å². The van der Waals surface area contributed by atoms with Crippen molar-refractivity contribution in [2.75, 3.05) is 49.1 Å². The van der Waals surface area contributed by atoms with Crippen molar-refractivity contribution in [1.82, 2.24) is 4.31 Å². The number of anilines is 2. The maximum Gasteiger partial charge on any atom is 0.292 e. The normalized spacial score (nSPS) is 22.7. The summed E-state index contributed by atoms with van der Waals surface area (Å²) in [5, 5.41) is 0. The Bertz CT molecular complexity index is 1170. The van der Waals surface area contributed by atoms with E-state index in [1.165, 1.54) is 29.2 Å².